The first-order chi connectivity index (χ1) is 8.84. The second kappa shape index (κ2) is 4.29. The molecule has 0 aliphatic rings. The lowest BCUT2D eigenvalue weighted by Gasteiger charge is -1.93. The molecular weight excluding hydrogens is 228 g/mol. The molecule has 5 nitrogen and oxygen atoms in total. The number of nitrogens with one attached hydrogen (secondary N) is 2. The van der Waals surface area contributed by atoms with Crippen LogP contribution < -0.4 is 5.43 Å². The molecule has 18 heavy (non-hydrogen) atoms. The maximum Gasteiger partial charge on any atom is 0.192 e. The topological polar surface area (TPSA) is 74.4 Å². The molecule has 0 fully saturated rings. The molecule has 1 aromatic carbocycles. The summed E-state index contributed by atoms with van der Waals surface area (Å²) in [4.78, 5) is 18.8. The molecule has 0 bridgehead atoms. The Bertz CT molecular complexity index is 715. The summed E-state index contributed by atoms with van der Waals surface area (Å²) in [5, 5.41) is 6.90. The highest BCUT2D eigenvalue weighted by Gasteiger charge is 2.09. The van der Waals surface area contributed by atoms with Crippen LogP contribution in [0.15, 0.2) is 53.6 Å². The van der Waals surface area contributed by atoms with Crippen LogP contribution in [0, 0.1) is 0 Å². The molecule has 0 aliphatic carbocycles. The lowest BCUT2D eigenvalue weighted by atomic mass is 10.2. The average Bonchev–Trinajstić information content (AvgIpc) is 2.90. The molecule has 0 saturated heterocycles. The summed E-state index contributed by atoms with van der Waals surface area (Å²) >= 11 is 0. The molecule has 2 heterocycles. The van der Waals surface area contributed by atoms with E-state index in [0.717, 1.165) is 5.56 Å². The van der Waals surface area contributed by atoms with Crippen LogP contribution in [-0.4, -0.2) is 20.2 Å². The van der Waals surface area contributed by atoms with Gasteiger partial charge in [-0.15, -0.1) is 0 Å². The Labute approximate surface area is 103 Å². The summed E-state index contributed by atoms with van der Waals surface area (Å²) in [5.74, 6) is 1.05. The van der Waals surface area contributed by atoms with Gasteiger partial charge in [-0.25, -0.2) is 4.98 Å². The number of benzene rings is 1. The third-order valence-electron chi connectivity index (χ3n) is 2.60. The molecule has 0 atom stereocenters. The third-order valence-corrected chi connectivity index (χ3v) is 2.60. The van der Waals surface area contributed by atoms with Crippen LogP contribution in [0.5, 0.6) is 0 Å². The minimum atomic E-state index is -0.0930. The van der Waals surface area contributed by atoms with E-state index in [2.05, 4.69) is 20.2 Å². The number of pyridine rings is 1. The molecule has 5 heteroatoms. The van der Waals surface area contributed by atoms with E-state index in [1.54, 1.807) is 12.4 Å². The molecule has 0 spiro atoms. The Morgan fingerprint density at radius 3 is 2.67 bits per heavy atom. The molecule has 3 rings (SSSR count). The number of hydrogen-bond donors (Lipinski definition) is 2. The van der Waals surface area contributed by atoms with Crippen LogP contribution in [0.4, 0.5) is 0 Å². The summed E-state index contributed by atoms with van der Waals surface area (Å²) < 4.78 is 0. The van der Waals surface area contributed by atoms with Gasteiger partial charge in [0.1, 0.15) is 0 Å². The maximum atomic E-state index is 11.7. The van der Waals surface area contributed by atoms with Crippen molar-refractivity contribution in [3.8, 4) is 22.8 Å². The number of H-pyrrole nitrogens is 2. The first kappa shape index (κ1) is 10.5. The zero-order valence-electron chi connectivity index (χ0n) is 9.42. The number of aromatic nitrogens is 4. The van der Waals surface area contributed by atoms with E-state index in [0.29, 0.717) is 17.2 Å². The molecule has 3 aromatic rings. The minimum Gasteiger partial charge on any atom is -0.367 e. The lowest BCUT2D eigenvalue weighted by Crippen LogP contribution is -2.03. The van der Waals surface area contributed by atoms with Crippen LogP contribution in [0.2, 0.25) is 0 Å². The van der Waals surface area contributed by atoms with Gasteiger partial charge < -0.3 is 4.98 Å². The molecule has 0 aliphatic heterocycles. The van der Waals surface area contributed by atoms with Gasteiger partial charge in [0.25, 0.3) is 0 Å². The Balaban J connectivity index is 2.06. The van der Waals surface area contributed by atoms with Crippen molar-refractivity contribution in [1.29, 1.82) is 0 Å². The SMILES string of the molecule is O=c1cc[nH]cc1-c1nc(-c2ccccc2)n[nH]1. The highest BCUT2D eigenvalue weighted by atomic mass is 16.1. The largest absolute Gasteiger partial charge is 0.367 e. The molecule has 0 radical (unpaired) electrons. The zero-order chi connectivity index (χ0) is 12.4. The first-order valence-corrected chi connectivity index (χ1v) is 5.50. The maximum absolute atomic E-state index is 11.7. The van der Waals surface area contributed by atoms with E-state index in [-0.39, 0.29) is 5.43 Å². The quantitative estimate of drug-likeness (QED) is 0.715. The Kier molecular flexibility index (Phi) is 2.49. The van der Waals surface area contributed by atoms with Crippen LogP contribution >= 0.6 is 0 Å². The second-order valence-corrected chi connectivity index (χ2v) is 3.80. The molecular formula is C13H10N4O. The van der Waals surface area contributed by atoms with Crippen molar-refractivity contribution in [2.75, 3.05) is 0 Å². The van der Waals surface area contributed by atoms with Gasteiger partial charge in [-0.2, -0.15) is 5.10 Å². The van der Waals surface area contributed by atoms with Crippen LogP contribution in [0.3, 0.4) is 0 Å². The summed E-state index contributed by atoms with van der Waals surface area (Å²) in [7, 11) is 0. The Morgan fingerprint density at radius 2 is 1.89 bits per heavy atom. The van der Waals surface area contributed by atoms with Crippen molar-refractivity contribution < 1.29 is 0 Å². The van der Waals surface area contributed by atoms with Crippen molar-refractivity contribution in [2.24, 2.45) is 0 Å². The van der Waals surface area contributed by atoms with E-state index in [1.807, 2.05) is 30.3 Å². The van der Waals surface area contributed by atoms with E-state index in [4.69, 9.17) is 0 Å². The van der Waals surface area contributed by atoms with Gasteiger partial charge in [0, 0.05) is 24.0 Å². The molecule has 0 saturated carbocycles. The Morgan fingerprint density at radius 1 is 1.06 bits per heavy atom. The van der Waals surface area contributed by atoms with Gasteiger partial charge in [0.15, 0.2) is 17.1 Å². The van der Waals surface area contributed by atoms with Gasteiger partial charge in [0.2, 0.25) is 0 Å². The second-order valence-electron chi connectivity index (χ2n) is 3.80. The predicted octanol–water partition coefficient (Wildman–Crippen LogP) is 1.83. The number of rotatable bonds is 2. The summed E-state index contributed by atoms with van der Waals surface area (Å²) in [6, 6.07) is 11.1. The minimum absolute atomic E-state index is 0.0930. The summed E-state index contributed by atoms with van der Waals surface area (Å²) in [6.45, 7) is 0. The average molecular weight is 238 g/mol. The van der Waals surface area contributed by atoms with Gasteiger partial charge in [-0.05, 0) is 0 Å². The third kappa shape index (κ3) is 1.82. The monoisotopic (exact) mass is 238 g/mol. The first-order valence-electron chi connectivity index (χ1n) is 5.50. The van der Waals surface area contributed by atoms with Crippen LogP contribution in [-0.2, 0) is 0 Å². The standard InChI is InChI=1S/C13H10N4O/c18-11-6-7-14-8-10(11)13-15-12(16-17-13)9-4-2-1-3-5-9/h1-8H,(H,14,18)(H,15,16,17). The fraction of sp³-hybridized carbons (Fsp3) is 0. The predicted molar refractivity (Wildman–Crippen MR) is 67.9 cm³/mol. The molecule has 0 unspecified atom stereocenters. The number of nitrogens with zero attached hydrogens (tertiary/aromatic N) is 2. The van der Waals surface area contributed by atoms with Gasteiger partial charge in [-0.1, -0.05) is 30.3 Å². The van der Waals surface area contributed by atoms with Crippen LogP contribution in [0.1, 0.15) is 0 Å². The van der Waals surface area contributed by atoms with Gasteiger partial charge >= 0.3 is 0 Å². The van der Waals surface area contributed by atoms with Gasteiger partial charge in [-0.3, -0.25) is 9.89 Å². The van der Waals surface area contributed by atoms with Crippen molar-refractivity contribution in [1.82, 2.24) is 20.2 Å². The number of hydrogen-bond acceptors (Lipinski definition) is 3. The molecule has 88 valence electrons. The normalized spacial score (nSPS) is 10.4. The van der Waals surface area contributed by atoms with Crippen LogP contribution in [0.25, 0.3) is 22.8 Å². The highest BCUT2D eigenvalue weighted by Crippen LogP contribution is 2.16. The molecule has 0 amide bonds. The molecule has 2 aromatic heterocycles. The van der Waals surface area contributed by atoms with Crippen molar-refractivity contribution in [3.05, 3.63) is 59.0 Å². The van der Waals surface area contributed by atoms with E-state index < -0.39 is 0 Å². The Hall–Kier alpha value is -2.69. The van der Waals surface area contributed by atoms with Crippen molar-refractivity contribution in [2.45, 2.75) is 0 Å². The number of aromatic amines is 2. The van der Waals surface area contributed by atoms with Gasteiger partial charge in [0.05, 0.1) is 5.56 Å². The lowest BCUT2D eigenvalue weighted by molar-refractivity contribution is 1.09. The zero-order valence-corrected chi connectivity index (χ0v) is 9.42. The fourth-order valence-corrected chi connectivity index (χ4v) is 1.70. The van der Waals surface area contributed by atoms with E-state index in [9.17, 15) is 4.79 Å². The smallest absolute Gasteiger partial charge is 0.192 e. The van der Waals surface area contributed by atoms with E-state index >= 15 is 0 Å². The molecule has 2 N–H and O–H groups in total. The van der Waals surface area contributed by atoms with E-state index in [1.165, 1.54) is 6.07 Å². The fourth-order valence-electron chi connectivity index (χ4n) is 1.70. The summed E-state index contributed by atoms with van der Waals surface area (Å²) in [5.41, 5.74) is 1.30. The van der Waals surface area contributed by atoms with Crippen molar-refractivity contribution in [3.63, 3.8) is 0 Å². The highest BCUT2D eigenvalue weighted by molar-refractivity contribution is 5.60. The van der Waals surface area contributed by atoms with Crippen molar-refractivity contribution >= 4 is 0 Å². The summed E-state index contributed by atoms with van der Waals surface area (Å²) in [6.07, 6.45) is 3.19.